The molecule has 0 spiro atoms. The van der Waals surface area contributed by atoms with Gasteiger partial charge in [-0.3, -0.25) is 4.79 Å². The first kappa shape index (κ1) is 15.6. The van der Waals surface area contributed by atoms with Gasteiger partial charge in [0.25, 0.3) is 0 Å². The zero-order chi connectivity index (χ0) is 14.1. The molecular formula is C14H19NO3S. The van der Waals surface area contributed by atoms with Crippen LogP contribution in [0.4, 0.5) is 0 Å². The molecule has 4 nitrogen and oxygen atoms in total. The lowest BCUT2D eigenvalue weighted by atomic mass is 10.2. The van der Waals surface area contributed by atoms with Gasteiger partial charge < -0.3 is 10.1 Å². The first-order valence-corrected chi connectivity index (χ1v) is 7.31. The molecule has 1 rings (SSSR count). The van der Waals surface area contributed by atoms with E-state index >= 15 is 0 Å². The summed E-state index contributed by atoms with van der Waals surface area (Å²) >= 11 is 1.60. The second-order valence-corrected chi connectivity index (χ2v) is 5.03. The van der Waals surface area contributed by atoms with Crippen molar-refractivity contribution in [1.29, 1.82) is 0 Å². The smallest absolute Gasteiger partial charge is 0.329 e. The molecule has 0 saturated heterocycles. The molecule has 0 heterocycles. The summed E-state index contributed by atoms with van der Waals surface area (Å²) in [4.78, 5) is 22.9. The Hall–Kier alpha value is -1.49. The SMILES string of the molecule is CCC(=O)N[C@@H](CSCc1ccccc1)C(=O)OC. The predicted octanol–water partition coefficient (Wildman–Crippen LogP) is 1.99. The Morgan fingerprint density at radius 2 is 2.00 bits per heavy atom. The Kier molecular flexibility index (Phi) is 7.03. The maximum absolute atomic E-state index is 11.6. The van der Waals surface area contributed by atoms with Crippen LogP contribution in [0, 0.1) is 0 Å². The molecular weight excluding hydrogens is 262 g/mol. The van der Waals surface area contributed by atoms with Crippen LogP contribution in [0.3, 0.4) is 0 Å². The van der Waals surface area contributed by atoms with Crippen LogP contribution in [0.1, 0.15) is 18.9 Å². The van der Waals surface area contributed by atoms with E-state index in [4.69, 9.17) is 4.74 Å². The van der Waals surface area contributed by atoms with Crippen molar-refractivity contribution in [2.45, 2.75) is 25.1 Å². The Morgan fingerprint density at radius 1 is 1.32 bits per heavy atom. The van der Waals surface area contributed by atoms with Crippen LogP contribution in [-0.2, 0) is 20.1 Å². The van der Waals surface area contributed by atoms with E-state index < -0.39 is 12.0 Å². The molecule has 1 atom stereocenters. The highest BCUT2D eigenvalue weighted by Gasteiger charge is 2.20. The average molecular weight is 281 g/mol. The molecule has 1 amide bonds. The molecule has 0 aliphatic rings. The van der Waals surface area contributed by atoms with Crippen LogP contribution in [0.15, 0.2) is 30.3 Å². The zero-order valence-electron chi connectivity index (χ0n) is 11.2. The second-order valence-electron chi connectivity index (χ2n) is 4.00. The number of thioether (sulfide) groups is 1. The highest BCUT2D eigenvalue weighted by molar-refractivity contribution is 7.98. The second kappa shape index (κ2) is 8.58. The topological polar surface area (TPSA) is 55.4 Å². The Morgan fingerprint density at radius 3 is 2.58 bits per heavy atom. The molecule has 0 aromatic heterocycles. The summed E-state index contributed by atoms with van der Waals surface area (Å²) < 4.78 is 4.69. The summed E-state index contributed by atoms with van der Waals surface area (Å²) in [7, 11) is 1.33. The van der Waals surface area contributed by atoms with Gasteiger partial charge in [-0.2, -0.15) is 11.8 Å². The molecule has 5 heteroatoms. The van der Waals surface area contributed by atoms with Crippen molar-refractivity contribution in [1.82, 2.24) is 5.32 Å². The van der Waals surface area contributed by atoms with E-state index in [-0.39, 0.29) is 5.91 Å². The number of carbonyl (C=O) groups is 2. The number of nitrogens with one attached hydrogen (secondary N) is 1. The lowest BCUT2D eigenvalue weighted by Gasteiger charge is -2.15. The number of carbonyl (C=O) groups excluding carboxylic acids is 2. The molecule has 0 radical (unpaired) electrons. The number of hydrogen-bond donors (Lipinski definition) is 1. The minimum absolute atomic E-state index is 0.143. The van der Waals surface area contributed by atoms with Gasteiger partial charge in [-0.05, 0) is 5.56 Å². The van der Waals surface area contributed by atoms with Crippen molar-refractivity contribution in [3.05, 3.63) is 35.9 Å². The summed E-state index contributed by atoms with van der Waals surface area (Å²) in [6, 6.07) is 9.41. The maximum Gasteiger partial charge on any atom is 0.329 e. The van der Waals surface area contributed by atoms with E-state index in [1.807, 2.05) is 30.3 Å². The summed E-state index contributed by atoms with van der Waals surface area (Å²) in [5, 5.41) is 2.67. The summed E-state index contributed by atoms with van der Waals surface area (Å²) in [6.45, 7) is 1.75. The normalized spacial score (nSPS) is 11.7. The molecule has 0 fully saturated rings. The minimum Gasteiger partial charge on any atom is -0.467 e. The lowest BCUT2D eigenvalue weighted by molar-refractivity contribution is -0.144. The van der Waals surface area contributed by atoms with E-state index in [2.05, 4.69) is 5.32 Å². The first-order chi connectivity index (χ1) is 9.17. The molecule has 1 aromatic carbocycles. The van der Waals surface area contributed by atoms with Crippen molar-refractivity contribution in [2.75, 3.05) is 12.9 Å². The fraction of sp³-hybridized carbons (Fsp3) is 0.429. The molecule has 1 aromatic rings. The van der Waals surface area contributed by atoms with Gasteiger partial charge in [-0.1, -0.05) is 37.3 Å². The number of benzene rings is 1. The Bertz CT molecular complexity index is 408. The summed E-state index contributed by atoms with van der Waals surface area (Å²) in [5.41, 5.74) is 1.19. The van der Waals surface area contributed by atoms with E-state index in [0.29, 0.717) is 12.2 Å². The van der Waals surface area contributed by atoms with Crippen LogP contribution in [-0.4, -0.2) is 30.8 Å². The van der Waals surface area contributed by atoms with Crippen LogP contribution < -0.4 is 5.32 Å². The fourth-order valence-corrected chi connectivity index (χ4v) is 2.48. The third-order valence-electron chi connectivity index (χ3n) is 2.54. The summed E-state index contributed by atoms with van der Waals surface area (Å²) in [5.74, 6) is 0.766. The maximum atomic E-state index is 11.6. The van der Waals surface area contributed by atoms with Crippen LogP contribution >= 0.6 is 11.8 Å². The third-order valence-corrected chi connectivity index (χ3v) is 3.64. The minimum atomic E-state index is -0.578. The van der Waals surface area contributed by atoms with E-state index in [1.54, 1.807) is 18.7 Å². The number of amides is 1. The highest BCUT2D eigenvalue weighted by atomic mass is 32.2. The molecule has 0 bridgehead atoms. The van der Waals surface area contributed by atoms with Gasteiger partial charge >= 0.3 is 5.97 Å². The molecule has 0 aliphatic carbocycles. The van der Waals surface area contributed by atoms with E-state index in [9.17, 15) is 9.59 Å². The third kappa shape index (κ3) is 5.79. The van der Waals surface area contributed by atoms with Gasteiger partial charge in [-0.15, -0.1) is 0 Å². The van der Waals surface area contributed by atoms with Gasteiger partial charge in [0.15, 0.2) is 0 Å². The molecule has 0 unspecified atom stereocenters. The summed E-state index contributed by atoms with van der Waals surface area (Å²) in [6.07, 6.45) is 0.358. The number of esters is 1. The van der Waals surface area contributed by atoms with Gasteiger partial charge in [0.1, 0.15) is 6.04 Å². The van der Waals surface area contributed by atoms with E-state index in [0.717, 1.165) is 5.75 Å². The first-order valence-electron chi connectivity index (χ1n) is 6.16. The average Bonchev–Trinajstić information content (AvgIpc) is 2.46. The molecule has 104 valence electrons. The van der Waals surface area contributed by atoms with Crippen molar-refractivity contribution in [3.63, 3.8) is 0 Å². The van der Waals surface area contributed by atoms with Gasteiger partial charge in [0, 0.05) is 17.9 Å². The Labute approximate surface area is 117 Å². The molecule has 1 N–H and O–H groups in total. The largest absolute Gasteiger partial charge is 0.467 e. The van der Waals surface area contributed by atoms with Crippen molar-refractivity contribution >= 4 is 23.6 Å². The van der Waals surface area contributed by atoms with Gasteiger partial charge in [0.05, 0.1) is 7.11 Å². The highest BCUT2D eigenvalue weighted by Crippen LogP contribution is 2.13. The van der Waals surface area contributed by atoms with Crippen molar-refractivity contribution in [2.24, 2.45) is 0 Å². The van der Waals surface area contributed by atoms with Crippen LogP contribution in [0.25, 0.3) is 0 Å². The fourth-order valence-electron chi connectivity index (χ4n) is 1.48. The standard InChI is InChI=1S/C14H19NO3S/c1-3-13(16)15-12(14(17)18-2)10-19-9-11-7-5-4-6-8-11/h4-8,12H,3,9-10H2,1-2H3,(H,15,16)/t12-/m0/s1. The van der Waals surface area contributed by atoms with Crippen molar-refractivity contribution in [3.8, 4) is 0 Å². The number of rotatable bonds is 7. The van der Waals surface area contributed by atoms with E-state index in [1.165, 1.54) is 12.7 Å². The van der Waals surface area contributed by atoms with Gasteiger partial charge in [-0.25, -0.2) is 4.79 Å². The van der Waals surface area contributed by atoms with Crippen molar-refractivity contribution < 1.29 is 14.3 Å². The number of methoxy groups -OCH3 is 1. The molecule has 0 saturated carbocycles. The number of hydrogen-bond acceptors (Lipinski definition) is 4. The van der Waals surface area contributed by atoms with Gasteiger partial charge in [0.2, 0.25) is 5.91 Å². The van der Waals surface area contributed by atoms with Crippen LogP contribution in [0.5, 0.6) is 0 Å². The number of ether oxygens (including phenoxy) is 1. The quantitative estimate of drug-likeness (QED) is 0.777. The van der Waals surface area contributed by atoms with Crippen LogP contribution in [0.2, 0.25) is 0 Å². The molecule has 19 heavy (non-hydrogen) atoms. The lowest BCUT2D eigenvalue weighted by Crippen LogP contribution is -2.43. The molecule has 0 aliphatic heterocycles. The predicted molar refractivity (Wildman–Crippen MR) is 76.8 cm³/mol. The monoisotopic (exact) mass is 281 g/mol. The Balaban J connectivity index is 2.44. The zero-order valence-corrected chi connectivity index (χ0v) is 12.0.